The second-order valence-corrected chi connectivity index (χ2v) is 7.12. The molecule has 0 unspecified atom stereocenters. The van der Waals surface area contributed by atoms with E-state index < -0.39 is 17.5 Å². The molecule has 6 nitrogen and oxygen atoms in total. The first kappa shape index (κ1) is 17.5. The van der Waals surface area contributed by atoms with Crippen molar-refractivity contribution >= 4 is 17.9 Å². The second-order valence-electron chi connectivity index (χ2n) is 7.12. The summed E-state index contributed by atoms with van der Waals surface area (Å²) in [5, 5.41) is 2.79. The van der Waals surface area contributed by atoms with E-state index in [1.807, 2.05) is 32.0 Å². The Morgan fingerprint density at radius 3 is 2.40 bits per heavy atom. The third-order valence-corrected chi connectivity index (χ3v) is 4.92. The molecule has 0 aromatic heterocycles. The van der Waals surface area contributed by atoms with E-state index in [0.29, 0.717) is 12.8 Å². The van der Waals surface area contributed by atoms with E-state index in [1.165, 1.54) is 0 Å². The number of benzene rings is 1. The Kier molecular flexibility index (Phi) is 4.79. The van der Waals surface area contributed by atoms with Crippen molar-refractivity contribution in [2.75, 3.05) is 6.54 Å². The molecule has 0 radical (unpaired) electrons. The van der Waals surface area contributed by atoms with E-state index in [1.54, 1.807) is 0 Å². The molecule has 6 heteroatoms. The van der Waals surface area contributed by atoms with Crippen molar-refractivity contribution in [3.05, 3.63) is 34.9 Å². The van der Waals surface area contributed by atoms with E-state index in [0.717, 1.165) is 40.9 Å². The maximum absolute atomic E-state index is 12.6. The van der Waals surface area contributed by atoms with Crippen molar-refractivity contribution in [2.45, 2.75) is 58.1 Å². The van der Waals surface area contributed by atoms with Gasteiger partial charge in [-0.15, -0.1) is 0 Å². The number of ether oxygens (including phenoxy) is 1. The number of carbonyl (C=O) groups excluding carboxylic acids is 3. The lowest BCUT2D eigenvalue weighted by atomic mass is 9.82. The number of aryl methyl sites for hydroxylation is 2. The third kappa shape index (κ3) is 3.67. The summed E-state index contributed by atoms with van der Waals surface area (Å²) in [6.07, 6.45) is 4.19. The van der Waals surface area contributed by atoms with Gasteiger partial charge in [0.15, 0.2) is 0 Å². The van der Waals surface area contributed by atoms with Crippen molar-refractivity contribution in [1.29, 1.82) is 0 Å². The van der Waals surface area contributed by atoms with Crippen molar-refractivity contribution in [1.82, 2.24) is 10.2 Å². The van der Waals surface area contributed by atoms with Crippen LogP contribution in [0.4, 0.5) is 4.79 Å². The molecule has 1 N–H and O–H groups in total. The Bertz CT molecular complexity index is 687. The van der Waals surface area contributed by atoms with Crippen LogP contribution in [0.15, 0.2) is 18.2 Å². The molecular formula is C19H24N2O4. The van der Waals surface area contributed by atoms with Crippen LogP contribution in [0.1, 0.15) is 48.8 Å². The Morgan fingerprint density at radius 2 is 1.76 bits per heavy atom. The number of nitrogens with one attached hydrogen (secondary N) is 1. The number of rotatable bonds is 4. The van der Waals surface area contributed by atoms with Crippen LogP contribution in [0.3, 0.4) is 0 Å². The van der Waals surface area contributed by atoms with Crippen LogP contribution < -0.4 is 5.32 Å². The van der Waals surface area contributed by atoms with E-state index >= 15 is 0 Å². The summed E-state index contributed by atoms with van der Waals surface area (Å²) in [5.74, 6) is -0.865. The maximum Gasteiger partial charge on any atom is 0.326 e. The Balaban J connectivity index is 1.59. The van der Waals surface area contributed by atoms with Crippen LogP contribution in [0.5, 0.6) is 0 Å². The Labute approximate surface area is 147 Å². The highest BCUT2D eigenvalue weighted by Gasteiger charge is 2.51. The van der Waals surface area contributed by atoms with Crippen molar-refractivity contribution in [3.63, 3.8) is 0 Å². The molecule has 2 fully saturated rings. The van der Waals surface area contributed by atoms with Gasteiger partial charge < -0.3 is 10.1 Å². The average molecular weight is 344 g/mol. The van der Waals surface area contributed by atoms with Gasteiger partial charge in [-0.1, -0.05) is 48.6 Å². The van der Waals surface area contributed by atoms with Crippen molar-refractivity contribution in [3.8, 4) is 0 Å². The molecule has 1 heterocycles. The molecule has 1 spiro atoms. The van der Waals surface area contributed by atoms with Crippen LogP contribution in [-0.2, 0) is 20.9 Å². The molecule has 1 saturated heterocycles. The van der Waals surface area contributed by atoms with Gasteiger partial charge in [0.05, 0.1) is 0 Å². The zero-order valence-electron chi connectivity index (χ0n) is 14.8. The van der Waals surface area contributed by atoms with E-state index in [9.17, 15) is 14.4 Å². The summed E-state index contributed by atoms with van der Waals surface area (Å²) in [7, 11) is 0. The molecule has 1 aromatic carbocycles. The number of amides is 3. The lowest BCUT2D eigenvalue weighted by Crippen LogP contribution is -2.48. The summed E-state index contributed by atoms with van der Waals surface area (Å²) in [6.45, 7) is 3.76. The molecule has 1 saturated carbocycles. The van der Waals surface area contributed by atoms with Crippen LogP contribution in [0.25, 0.3) is 0 Å². The van der Waals surface area contributed by atoms with Gasteiger partial charge in [0.2, 0.25) is 0 Å². The molecule has 0 bridgehead atoms. The molecule has 1 aliphatic heterocycles. The third-order valence-electron chi connectivity index (χ3n) is 4.92. The van der Waals surface area contributed by atoms with Gasteiger partial charge in [0, 0.05) is 0 Å². The van der Waals surface area contributed by atoms with Gasteiger partial charge >= 0.3 is 12.0 Å². The lowest BCUT2D eigenvalue weighted by molar-refractivity contribution is -0.149. The zero-order chi connectivity index (χ0) is 18.0. The zero-order valence-corrected chi connectivity index (χ0v) is 14.8. The smallest absolute Gasteiger partial charge is 0.326 e. The highest BCUT2D eigenvalue weighted by molar-refractivity contribution is 6.08. The SMILES string of the molecule is Cc1cc(C)cc(COC(=O)CN2C(=O)NC3(CCCCC3)C2=O)c1. The molecule has 0 atom stereocenters. The molecule has 134 valence electrons. The van der Waals surface area contributed by atoms with E-state index in [4.69, 9.17) is 4.74 Å². The number of urea groups is 1. The number of hydrogen-bond acceptors (Lipinski definition) is 4. The molecule has 2 aliphatic rings. The van der Waals surface area contributed by atoms with Gasteiger partial charge in [-0.2, -0.15) is 0 Å². The number of nitrogens with zero attached hydrogens (tertiary/aromatic N) is 1. The quantitative estimate of drug-likeness (QED) is 0.673. The average Bonchev–Trinajstić information content (AvgIpc) is 2.77. The molecular weight excluding hydrogens is 320 g/mol. The standard InChI is InChI=1S/C19H24N2O4/c1-13-8-14(2)10-15(9-13)12-25-16(22)11-21-17(23)19(20-18(21)24)6-4-3-5-7-19/h8-10H,3-7,11-12H2,1-2H3,(H,20,24). The van der Waals surface area contributed by atoms with Crippen LogP contribution in [0, 0.1) is 13.8 Å². The van der Waals surface area contributed by atoms with Gasteiger partial charge in [-0.3, -0.25) is 14.5 Å². The van der Waals surface area contributed by atoms with Crippen molar-refractivity contribution in [2.24, 2.45) is 0 Å². The highest BCUT2D eigenvalue weighted by atomic mass is 16.5. The second kappa shape index (κ2) is 6.86. The Morgan fingerprint density at radius 1 is 1.12 bits per heavy atom. The minimum atomic E-state index is -0.802. The molecule has 25 heavy (non-hydrogen) atoms. The minimum Gasteiger partial charge on any atom is -0.459 e. The number of carbonyl (C=O) groups is 3. The van der Waals surface area contributed by atoms with Crippen LogP contribution >= 0.6 is 0 Å². The van der Waals surface area contributed by atoms with E-state index in [2.05, 4.69) is 5.32 Å². The number of hydrogen-bond donors (Lipinski definition) is 1. The fourth-order valence-electron chi connectivity index (χ4n) is 3.80. The van der Waals surface area contributed by atoms with Gasteiger partial charge in [0.25, 0.3) is 5.91 Å². The Hall–Kier alpha value is -2.37. The van der Waals surface area contributed by atoms with Crippen LogP contribution in [-0.4, -0.2) is 34.9 Å². The van der Waals surface area contributed by atoms with Crippen LogP contribution in [0.2, 0.25) is 0 Å². The number of esters is 1. The lowest BCUT2D eigenvalue weighted by Gasteiger charge is -2.30. The fraction of sp³-hybridized carbons (Fsp3) is 0.526. The topological polar surface area (TPSA) is 75.7 Å². The fourth-order valence-corrected chi connectivity index (χ4v) is 3.80. The summed E-state index contributed by atoms with van der Waals surface area (Å²) < 4.78 is 5.26. The highest BCUT2D eigenvalue weighted by Crippen LogP contribution is 2.33. The molecule has 1 aliphatic carbocycles. The summed E-state index contributed by atoms with van der Waals surface area (Å²) >= 11 is 0. The maximum atomic E-state index is 12.6. The first-order valence-electron chi connectivity index (χ1n) is 8.76. The van der Waals surface area contributed by atoms with Gasteiger partial charge in [0.1, 0.15) is 18.7 Å². The minimum absolute atomic E-state index is 0.135. The van der Waals surface area contributed by atoms with Crippen molar-refractivity contribution < 1.29 is 19.1 Å². The van der Waals surface area contributed by atoms with E-state index in [-0.39, 0.29) is 19.1 Å². The monoisotopic (exact) mass is 344 g/mol. The first-order chi connectivity index (χ1) is 11.9. The molecule has 3 rings (SSSR count). The van der Waals surface area contributed by atoms with Gasteiger partial charge in [-0.25, -0.2) is 4.79 Å². The summed E-state index contributed by atoms with van der Waals surface area (Å²) in [4.78, 5) is 37.9. The first-order valence-corrected chi connectivity index (χ1v) is 8.76. The predicted molar refractivity (Wildman–Crippen MR) is 91.8 cm³/mol. The molecule has 3 amide bonds. The summed E-state index contributed by atoms with van der Waals surface area (Å²) in [6, 6.07) is 5.45. The number of imide groups is 1. The molecule has 1 aromatic rings. The van der Waals surface area contributed by atoms with Gasteiger partial charge in [-0.05, 0) is 32.3 Å². The normalized spacial score (nSPS) is 19.2. The predicted octanol–water partition coefficient (Wildman–Crippen LogP) is 2.60. The largest absolute Gasteiger partial charge is 0.459 e. The summed E-state index contributed by atoms with van der Waals surface area (Å²) in [5.41, 5.74) is 2.29.